The van der Waals surface area contributed by atoms with Gasteiger partial charge in [0, 0.05) is 31.0 Å². The van der Waals surface area contributed by atoms with E-state index in [0.717, 1.165) is 6.54 Å². The quantitative estimate of drug-likeness (QED) is 0.682. The molecule has 2 aliphatic rings. The van der Waals surface area contributed by atoms with Gasteiger partial charge in [0.05, 0.1) is 0 Å². The van der Waals surface area contributed by atoms with Crippen LogP contribution in [0.25, 0.3) is 0 Å². The molecule has 15 heavy (non-hydrogen) atoms. The number of amides is 2. The van der Waals surface area contributed by atoms with Crippen LogP contribution in [0, 0.1) is 11.8 Å². The first kappa shape index (κ1) is 10.6. The number of rotatable bonds is 4. The molecular formula is C11H18N2O2. The number of hydrogen-bond donors (Lipinski definition) is 1. The van der Waals surface area contributed by atoms with Crippen molar-refractivity contribution in [1.29, 1.82) is 0 Å². The molecule has 1 saturated carbocycles. The molecule has 0 aromatic carbocycles. The molecule has 1 aliphatic carbocycles. The number of hydrogen-bond acceptors (Lipinski definition) is 3. The number of nitrogens with one attached hydrogen (secondary N) is 1. The molecule has 0 spiro atoms. The summed E-state index contributed by atoms with van der Waals surface area (Å²) in [6.07, 6.45) is 2.46. The summed E-state index contributed by atoms with van der Waals surface area (Å²) in [5.41, 5.74) is 0. The van der Waals surface area contributed by atoms with Crippen molar-refractivity contribution >= 4 is 11.8 Å². The van der Waals surface area contributed by atoms with Gasteiger partial charge in [0.15, 0.2) is 0 Å². The van der Waals surface area contributed by atoms with E-state index in [2.05, 4.69) is 5.32 Å². The Morgan fingerprint density at radius 1 is 1.20 bits per heavy atom. The molecular weight excluding hydrogens is 192 g/mol. The zero-order valence-electron chi connectivity index (χ0n) is 9.32. The molecule has 1 saturated heterocycles. The molecule has 84 valence electrons. The van der Waals surface area contributed by atoms with Crippen LogP contribution in [0.1, 0.15) is 26.7 Å². The zero-order chi connectivity index (χ0) is 11.0. The van der Waals surface area contributed by atoms with Crippen LogP contribution in [0.4, 0.5) is 0 Å². The van der Waals surface area contributed by atoms with Gasteiger partial charge >= 0.3 is 0 Å². The Balaban J connectivity index is 1.84. The number of carbonyl (C=O) groups excluding carboxylic acids is 2. The lowest BCUT2D eigenvalue weighted by Crippen LogP contribution is -2.37. The Kier molecular flexibility index (Phi) is 2.78. The first-order chi connectivity index (χ1) is 7.11. The van der Waals surface area contributed by atoms with Gasteiger partial charge in [0.1, 0.15) is 0 Å². The topological polar surface area (TPSA) is 49.4 Å². The van der Waals surface area contributed by atoms with Gasteiger partial charge in [0.2, 0.25) is 11.8 Å². The molecule has 2 unspecified atom stereocenters. The minimum atomic E-state index is -0.140. The third kappa shape index (κ3) is 2.04. The van der Waals surface area contributed by atoms with Gasteiger partial charge in [-0.15, -0.1) is 0 Å². The molecule has 2 atom stereocenters. The lowest BCUT2D eigenvalue weighted by Gasteiger charge is -2.14. The molecule has 1 N–H and O–H groups in total. The Hall–Kier alpha value is -0.900. The van der Waals surface area contributed by atoms with Gasteiger partial charge in [-0.25, -0.2) is 0 Å². The summed E-state index contributed by atoms with van der Waals surface area (Å²) in [5.74, 6) is -0.299. The minimum absolute atomic E-state index is 0.00917. The molecule has 1 heterocycles. The Labute approximate surface area is 90.0 Å². The van der Waals surface area contributed by atoms with E-state index in [1.54, 1.807) is 0 Å². The molecule has 2 rings (SSSR count). The highest BCUT2D eigenvalue weighted by Gasteiger charge is 2.41. The molecule has 0 bridgehead atoms. The molecule has 2 fully saturated rings. The van der Waals surface area contributed by atoms with E-state index in [4.69, 9.17) is 0 Å². The predicted octanol–water partition coefficient (Wildman–Crippen LogP) is 0.379. The molecule has 1 aliphatic heterocycles. The molecule has 4 heteroatoms. The standard InChI is InChI=1S/C11H18N2O2/c1-7-8(2)11(15)13(10(7)14)6-5-12-9-3-4-9/h7-9,12H,3-6H2,1-2H3. The summed E-state index contributed by atoms with van der Waals surface area (Å²) >= 11 is 0. The summed E-state index contributed by atoms with van der Waals surface area (Å²) in [4.78, 5) is 24.8. The maximum atomic E-state index is 11.7. The summed E-state index contributed by atoms with van der Waals surface area (Å²) in [6, 6.07) is 0.632. The summed E-state index contributed by atoms with van der Waals surface area (Å²) in [6.45, 7) is 4.93. The second-order valence-corrected chi connectivity index (χ2v) is 4.63. The van der Waals surface area contributed by atoms with E-state index in [0.29, 0.717) is 12.6 Å². The van der Waals surface area contributed by atoms with E-state index < -0.39 is 0 Å². The highest BCUT2D eigenvalue weighted by Crippen LogP contribution is 2.25. The fourth-order valence-corrected chi connectivity index (χ4v) is 1.92. The highest BCUT2D eigenvalue weighted by atomic mass is 16.2. The monoisotopic (exact) mass is 210 g/mol. The lowest BCUT2D eigenvalue weighted by atomic mass is 10.00. The second kappa shape index (κ2) is 3.93. The second-order valence-electron chi connectivity index (χ2n) is 4.63. The normalized spacial score (nSPS) is 31.5. The third-order valence-corrected chi connectivity index (χ3v) is 3.41. The van der Waals surface area contributed by atoms with Crippen molar-refractivity contribution in [1.82, 2.24) is 10.2 Å². The molecule has 0 aromatic heterocycles. The van der Waals surface area contributed by atoms with Crippen LogP contribution in [0.5, 0.6) is 0 Å². The van der Waals surface area contributed by atoms with Crippen LogP contribution in [0.3, 0.4) is 0 Å². The van der Waals surface area contributed by atoms with E-state index in [1.165, 1.54) is 17.7 Å². The van der Waals surface area contributed by atoms with Crippen molar-refractivity contribution in [2.24, 2.45) is 11.8 Å². The molecule has 0 aromatic rings. The maximum absolute atomic E-state index is 11.7. The van der Waals surface area contributed by atoms with Crippen molar-refractivity contribution in [3.05, 3.63) is 0 Å². The van der Waals surface area contributed by atoms with E-state index in [-0.39, 0.29) is 23.7 Å². The van der Waals surface area contributed by atoms with Crippen molar-refractivity contribution in [2.45, 2.75) is 32.7 Å². The molecule has 4 nitrogen and oxygen atoms in total. The van der Waals surface area contributed by atoms with Crippen LogP contribution >= 0.6 is 0 Å². The highest BCUT2D eigenvalue weighted by molar-refractivity contribution is 6.04. The van der Waals surface area contributed by atoms with Gasteiger partial charge in [-0.1, -0.05) is 13.8 Å². The van der Waals surface area contributed by atoms with E-state index in [9.17, 15) is 9.59 Å². The maximum Gasteiger partial charge on any atom is 0.232 e. The number of carbonyl (C=O) groups is 2. The van der Waals surface area contributed by atoms with Crippen molar-refractivity contribution in [3.8, 4) is 0 Å². The van der Waals surface area contributed by atoms with Crippen molar-refractivity contribution < 1.29 is 9.59 Å². The van der Waals surface area contributed by atoms with Gasteiger partial charge in [0.25, 0.3) is 0 Å². The Morgan fingerprint density at radius 3 is 2.20 bits per heavy atom. The zero-order valence-corrected chi connectivity index (χ0v) is 9.32. The number of imide groups is 1. The van der Waals surface area contributed by atoms with Crippen molar-refractivity contribution in [2.75, 3.05) is 13.1 Å². The van der Waals surface area contributed by atoms with E-state index in [1.807, 2.05) is 13.8 Å². The van der Waals surface area contributed by atoms with Crippen molar-refractivity contribution in [3.63, 3.8) is 0 Å². The fraction of sp³-hybridized carbons (Fsp3) is 0.818. The largest absolute Gasteiger partial charge is 0.312 e. The van der Waals surface area contributed by atoms with Gasteiger partial charge < -0.3 is 5.32 Å². The van der Waals surface area contributed by atoms with Crippen LogP contribution in [0.2, 0.25) is 0 Å². The van der Waals surface area contributed by atoms with E-state index >= 15 is 0 Å². The van der Waals surface area contributed by atoms with Crippen LogP contribution in [-0.2, 0) is 9.59 Å². The first-order valence-electron chi connectivity index (χ1n) is 5.70. The minimum Gasteiger partial charge on any atom is -0.312 e. The first-order valence-corrected chi connectivity index (χ1v) is 5.70. The molecule has 0 radical (unpaired) electrons. The number of nitrogens with zero attached hydrogens (tertiary/aromatic N) is 1. The molecule has 2 amide bonds. The Bertz CT molecular complexity index is 266. The van der Waals surface area contributed by atoms with Crippen LogP contribution in [-0.4, -0.2) is 35.8 Å². The smallest absolute Gasteiger partial charge is 0.232 e. The van der Waals surface area contributed by atoms with Crippen LogP contribution in [0.15, 0.2) is 0 Å². The summed E-state index contributed by atoms with van der Waals surface area (Å²) in [5, 5.41) is 3.31. The Morgan fingerprint density at radius 2 is 1.73 bits per heavy atom. The average molecular weight is 210 g/mol. The summed E-state index contributed by atoms with van der Waals surface area (Å²) in [7, 11) is 0. The van der Waals surface area contributed by atoms with Gasteiger partial charge in [-0.2, -0.15) is 0 Å². The van der Waals surface area contributed by atoms with Gasteiger partial charge in [-0.05, 0) is 12.8 Å². The van der Waals surface area contributed by atoms with Crippen LogP contribution < -0.4 is 5.32 Å². The third-order valence-electron chi connectivity index (χ3n) is 3.41. The fourth-order valence-electron chi connectivity index (χ4n) is 1.92. The summed E-state index contributed by atoms with van der Waals surface area (Å²) < 4.78 is 0. The lowest BCUT2D eigenvalue weighted by molar-refractivity contribution is -0.139. The number of likely N-dealkylation sites (tertiary alicyclic amines) is 1. The predicted molar refractivity (Wildman–Crippen MR) is 56.1 cm³/mol. The average Bonchev–Trinajstić information content (AvgIpc) is 3.01. The van der Waals surface area contributed by atoms with Gasteiger partial charge in [-0.3, -0.25) is 14.5 Å². The SMILES string of the molecule is CC1C(=O)N(CCNC2CC2)C(=O)C1C.